The zero-order chi connectivity index (χ0) is 15.5. The molecular formula is C16H23FN2O2. The molecule has 2 rings (SSSR count). The average molecular weight is 294 g/mol. The van der Waals surface area contributed by atoms with Crippen molar-refractivity contribution in [2.45, 2.75) is 32.1 Å². The predicted octanol–water partition coefficient (Wildman–Crippen LogP) is 2.17. The summed E-state index contributed by atoms with van der Waals surface area (Å²) in [5.74, 6) is -0.262. The number of amides is 2. The molecule has 1 aliphatic carbocycles. The van der Waals surface area contributed by atoms with E-state index in [2.05, 4.69) is 10.6 Å². The molecule has 4 nitrogen and oxygen atoms in total. The lowest BCUT2D eigenvalue weighted by Crippen LogP contribution is -2.44. The fourth-order valence-electron chi connectivity index (χ4n) is 2.30. The van der Waals surface area contributed by atoms with Crippen LogP contribution >= 0.6 is 0 Å². The molecule has 21 heavy (non-hydrogen) atoms. The summed E-state index contributed by atoms with van der Waals surface area (Å²) in [5, 5.41) is 14.7. The highest BCUT2D eigenvalue weighted by molar-refractivity contribution is 5.74. The van der Waals surface area contributed by atoms with Crippen molar-refractivity contribution < 1.29 is 14.3 Å². The van der Waals surface area contributed by atoms with Crippen molar-refractivity contribution in [2.24, 2.45) is 5.41 Å². The first-order valence-corrected chi connectivity index (χ1v) is 7.26. The first-order chi connectivity index (χ1) is 9.88. The normalized spacial score (nSPS) is 16.4. The van der Waals surface area contributed by atoms with Gasteiger partial charge in [0.2, 0.25) is 0 Å². The lowest BCUT2D eigenvalue weighted by molar-refractivity contribution is 0.202. The highest BCUT2D eigenvalue weighted by Crippen LogP contribution is 2.44. The first-order valence-electron chi connectivity index (χ1n) is 7.26. The standard InChI is InChI=1S/C16H23FN2O2/c1-15(2,12-5-3-4-6-13(12)17)9-18-14(21)19-10-16(11-20)7-8-16/h3-6,20H,7-11H2,1-2H3,(H2,18,19,21). The zero-order valence-electron chi connectivity index (χ0n) is 12.6. The van der Waals surface area contributed by atoms with Crippen LogP contribution in [0.15, 0.2) is 24.3 Å². The molecule has 3 N–H and O–H groups in total. The molecule has 0 heterocycles. The summed E-state index contributed by atoms with van der Waals surface area (Å²) >= 11 is 0. The van der Waals surface area contributed by atoms with Gasteiger partial charge in [0.05, 0.1) is 6.61 Å². The number of urea groups is 1. The SMILES string of the molecule is CC(C)(CNC(=O)NCC1(CO)CC1)c1ccccc1F. The van der Waals surface area contributed by atoms with Gasteiger partial charge in [0.15, 0.2) is 0 Å². The molecule has 116 valence electrons. The minimum Gasteiger partial charge on any atom is -0.396 e. The Kier molecular flexibility index (Phi) is 4.52. The second-order valence-corrected chi connectivity index (χ2v) is 6.56. The van der Waals surface area contributed by atoms with E-state index in [4.69, 9.17) is 0 Å². The number of benzene rings is 1. The van der Waals surface area contributed by atoms with Gasteiger partial charge in [0, 0.05) is 23.9 Å². The molecule has 1 aromatic carbocycles. The molecule has 1 saturated carbocycles. The molecule has 0 radical (unpaired) electrons. The Hall–Kier alpha value is -1.62. The number of nitrogens with one attached hydrogen (secondary N) is 2. The molecule has 0 bridgehead atoms. The van der Waals surface area contributed by atoms with Crippen molar-refractivity contribution in [3.8, 4) is 0 Å². The van der Waals surface area contributed by atoms with Gasteiger partial charge < -0.3 is 15.7 Å². The Morgan fingerprint density at radius 1 is 1.33 bits per heavy atom. The maximum atomic E-state index is 13.8. The minimum absolute atomic E-state index is 0.105. The summed E-state index contributed by atoms with van der Waals surface area (Å²) in [6.45, 7) is 4.71. The average Bonchev–Trinajstić information content (AvgIpc) is 3.24. The van der Waals surface area contributed by atoms with Gasteiger partial charge in [-0.2, -0.15) is 0 Å². The summed E-state index contributed by atoms with van der Waals surface area (Å²) in [4.78, 5) is 11.8. The Labute approximate surface area is 124 Å². The van der Waals surface area contributed by atoms with Crippen molar-refractivity contribution in [3.63, 3.8) is 0 Å². The second-order valence-electron chi connectivity index (χ2n) is 6.56. The molecule has 0 saturated heterocycles. The van der Waals surface area contributed by atoms with Gasteiger partial charge in [-0.15, -0.1) is 0 Å². The summed E-state index contributed by atoms with van der Waals surface area (Å²) < 4.78 is 13.8. The van der Waals surface area contributed by atoms with Gasteiger partial charge in [-0.1, -0.05) is 32.0 Å². The van der Waals surface area contributed by atoms with Crippen molar-refractivity contribution in [1.82, 2.24) is 10.6 Å². The van der Waals surface area contributed by atoms with E-state index >= 15 is 0 Å². The van der Waals surface area contributed by atoms with Gasteiger partial charge in [0.1, 0.15) is 5.82 Å². The quantitative estimate of drug-likeness (QED) is 0.753. The van der Waals surface area contributed by atoms with Crippen LogP contribution in [0.5, 0.6) is 0 Å². The van der Waals surface area contributed by atoms with E-state index in [1.165, 1.54) is 6.07 Å². The summed E-state index contributed by atoms with van der Waals surface area (Å²) in [6.07, 6.45) is 1.90. The maximum Gasteiger partial charge on any atom is 0.314 e. The minimum atomic E-state index is -0.489. The van der Waals surface area contributed by atoms with Gasteiger partial charge in [0.25, 0.3) is 0 Å². The van der Waals surface area contributed by atoms with Gasteiger partial charge in [-0.25, -0.2) is 9.18 Å². The van der Waals surface area contributed by atoms with Gasteiger partial charge in [-0.05, 0) is 24.5 Å². The van der Waals surface area contributed by atoms with Crippen LogP contribution < -0.4 is 10.6 Å². The summed E-state index contributed by atoms with van der Waals surface area (Å²) in [5.41, 5.74) is -0.0192. The molecule has 2 amide bonds. The van der Waals surface area contributed by atoms with Crippen LogP contribution in [0.2, 0.25) is 0 Å². The highest BCUT2D eigenvalue weighted by Gasteiger charge is 2.42. The molecule has 0 aromatic heterocycles. The first kappa shape index (κ1) is 15.8. The van der Waals surface area contributed by atoms with Crippen LogP contribution in [0.3, 0.4) is 0 Å². The number of hydrogen-bond acceptors (Lipinski definition) is 2. The third-order valence-corrected chi connectivity index (χ3v) is 4.21. The fraction of sp³-hybridized carbons (Fsp3) is 0.562. The molecular weight excluding hydrogens is 271 g/mol. The maximum absolute atomic E-state index is 13.8. The number of hydrogen-bond donors (Lipinski definition) is 3. The largest absolute Gasteiger partial charge is 0.396 e. The van der Waals surface area contributed by atoms with E-state index in [9.17, 15) is 14.3 Å². The third kappa shape index (κ3) is 3.94. The van der Waals surface area contributed by atoms with Gasteiger partial charge >= 0.3 is 6.03 Å². The van der Waals surface area contributed by atoms with E-state index in [0.717, 1.165) is 12.8 Å². The Morgan fingerprint density at radius 2 is 2.00 bits per heavy atom. The molecule has 5 heteroatoms. The molecule has 0 spiro atoms. The number of carbonyl (C=O) groups excluding carboxylic acids is 1. The van der Waals surface area contributed by atoms with Crippen LogP contribution in [0.25, 0.3) is 0 Å². The third-order valence-electron chi connectivity index (χ3n) is 4.21. The summed E-state index contributed by atoms with van der Waals surface area (Å²) in [6, 6.07) is 6.33. The van der Waals surface area contributed by atoms with E-state index in [1.54, 1.807) is 18.2 Å². The lowest BCUT2D eigenvalue weighted by Gasteiger charge is -2.26. The van der Waals surface area contributed by atoms with E-state index in [1.807, 2.05) is 13.8 Å². The fourth-order valence-corrected chi connectivity index (χ4v) is 2.30. The van der Waals surface area contributed by atoms with E-state index in [0.29, 0.717) is 18.7 Å². The Bertz CT molecular complexity index is 513. The zero-order valence-corrected chi connectivity index (χ0v) is 12.6. The van der Waals surface area contributed by atoms with Crippen LogP contribution in [-0.4, -0.2) is 30.8 Å². The second kappa shape index (κ2) is 6.02. The number of aliphatic hydroxyl groups is 1. The molecule has 1 aliphatic rings. The molecule has 0 atom stereocenters. The number of rotatable bonds is 6. The topological polar surface area (TPSA) is 61.4 Å². The van der Waals surface area contributed by atoms with Crippen molar-refractivity contribution in [2.75, 3.05) is 19.7 Å². The van der Waals surface area contributed by atoms with E-state index < -0.39 is 5.41 Å². The Balaban J connectivity index is 1.84. The van der Waals surface area contributed by atoms with Crippen LogP contribution in [0, 0.1) is 11.2 Å². The highest BCUT2D eigenvalue weighted by atomic mass is 19.1. The van der Waals surface area contributed by atoms with Crippen LogP contribution in [0.1, 0.15) is 32.3 Å². The van der Waals surface area contributed by atoms with Crippen LogP contribution in [-0.2, 0) is 5.41 Å². The predicted molar refractivity (Wildman–Crippen MR) is 79.6 cm³/mol. The van der Waals surface area contributed by atoms with Crippen LogP contribution in [0.4, 0.5) is 9.18 Å². The molecule has 0 aliphatic heterocycles. The smallest absolute Gasteiger partial charge is 0.314 e. The molecule has 1 fully saturated rings. The molecule has 0 unspecified atom stereocenters. The number of carbonyl (C=O) groups is 1. The monoisotopic (exact) mass is 294 g/mol. The Morgan fingerprint density at radius 3 is 2.57 bits per heavy atom. The summed E-state index contributed by atoms with van der Waals surface area (Å²) in [7, 11) is 0. The number of aliphatic hydroxyl groups excluding tert-OH is 1. The van der Waals surface area contributed by atoms with Crippen molar-refractivity contribution in [1.29, 1.82) is 0 Å². The lowest BCUT2D eigenvalue weighted by atomic mass is 9.84. The molecule has 1 aromatic rings. The number of halogens is 1. The van der Waals surface area contributed by atoms with E-state index in [-0.39, 0.29) is 23.9 Å². The van der Waals surface area contributed by atoms with Crippen molar-refractivity contribution >= 4 is 6.03 Å². The van der Waals surface area contributed by atoms with Crippen molar-refractivity contribution in [3.05, 3.63) is 35.6 Å². The van der Waals surface area contributed by atoms with Gasteiger partial charge in [-0.3, -0.25) is 0 Å².